The third-order valence-electron chi connectivity index (χ3n) is 2.45. The molecule has 0 aliphatic heterocycles. The lowest BCUT2D eigenvalue weighted by Gasteiger charge is -2.14. The number of hydrogen-bond acceptors (Lipinski definition) is 5. The number of ketones is 1. The molecule has 18 heavy (non-hydrogen) atoms. The first-order valence-electron chi connectivity index (χ1n) is 5.36. The molecular formula is C13H15NO4. The Hall–Kier alpha value is -2.01. The summed E-state index contributed by atoms with van der Waals surface area (Å²) < 4.78 is 9.40. The molecule has 0 heterocycles. The summed E-state index contributed by atoms with van der Waals surface area (Å²) in [5.74, 6) is -2.14. The molecule has 0 aromatic heterocycles. The van der Waals surface area contributed by atoms with Crippen LogP contribution in [0.1, 0.15) is 10.4 Å². The third kappa shape index (κ3) is 3.24. The Bertz CT molecular complexity index is 442. The summed E-state index contributed by atoms with van der Waals surface area (Å²) >= 11 is 0. The van der Waals surface area contributed by atoms with Crippen LogP contribution in [-0.4, -0.2) is 38.3 Å². The molecular weight excluding hydrogens is 234 g/mol. The van der Waals surface area contributed by atoms with Crippen molar-refractivity contribution in [1.82, 2.24) is 0 Å². The Labute approximate surface area is 105 Å². The van der Waals surface area contributed by atoms with Crippen LogP contribution in [0.15, 0.2) is 30.3 Å². The number of hydrogen-bond donors (Lipinski definition) is 1. The summed E-state index contributed by atoms with van der Waals surface area (Å²) in [6, 6.07) is 8.36. The van der Waals surface area contributed by atoms with Crippen LogP contribution in [0.2, 0.25) is 0 Å². The molecule has 0 saturated carbocycles. The van der Waals surface area contributed by atoms with Crippen LogP contribution in [0.25, 0.3) is 0 Å². The average Bonchev–Trinajstić information content (AvgIpc) is 2.43. The lowest BCUT2D eigenvalue weighted by Crippen LogP contribution is -2.34. The molecule has 0 radical (unpaired) electrons. The number of methoxy groups -OCH3 is 2. The maximum absolute atomic E-state index is 12.0. The van der Waals surface area contributed by atoms with Gasteiger partial charge in [-0.25, -0.2) is 0 Å². The first-order valence-corrected chi connectivity index (χ1v) is 5.36. The van der Waals surface area contributed by atoms with Crippen molar-refractivity contribution in [1.29, 1.82) is 5.41 Å². The van der Waals surface area contributed by atoms with Gasteiger partial charge in [0, 0.05) is 12.7 Å². The molecule has 1 aromatic rings. The van der Waals surface area contributed by atoms with Gasteiger partial charge in [0.05, 0.1) is 19.4 Å². The van der Waals surface area contributed by atoms with Crippen molar-refractivity contribution in [2.75, 3.05) is 20.8 Å². The van der Waals surface area contributed by atoms with Crippen molar-refractivity contribution in [2.45, 2.75) is 0 Å². The minimum atomic E-state index is -0.993. The van der Waals surface area contributed by atoms with E-state index in [9.17, 15) is 9.59 Å². The second-order valence-corrected chi connectivity index (χ2v) is 3.64. The quantitative estimate of drug-likeness (QED) is 0.468. The smallest absolute Gasteiger partial charge is 0.317 e. The highest BCUT2D eigenvalue weighted by Crippen LogP contribution is 2.09. The van der Waals surface area contributed by atoms with Gasteiger partial charge >= 0.3 is 5.97 Å². The van der Waals surface area contributed by atoms with E-state index in [4.69, 9.17) is 10.1 Å². The third-order valence-corrected chi connectivity index (χ3v) is 2.45. The van der Waals surface area contributed by atoms with Gasteiger partial charge in [-0.05, 0) is 0 Å². The van der Waals surface area contributed by atoms with Crippen LogP contribution < -0.4 is 0 Å². The number of carbonyl (C=O) groups excluding carboxylic acids is 2. The zero-order valence-electron chi connectivity index (χ0n) is 10.3. The van der Waals surface area contributed by atoms with E-state index in [-0.39, 0.29) is 12.3 Å². The molecule has 5 nitrogen and oxygen atoms in total. The van der Waals surface area contributed by atoms with Crippen LogP contribution in [0.4, 0.5) is 0 Å². The molecule has 1 N–H and O–H groups in total. The van der Waals surface area contributed by atoms with Crippen LogP contribution in [0.5, 0.6) is 0 Å². The average molecular weight is 249 g/mol. The number of benzene rings is 1. The van der Waals surface area contributed by atoms with Gasteiger partial charge in [-0.1, -0.05) is 30.3 Å². The summed E-state index contributed by atoms with van der Waals surface area (Å²) in [5.41, 5.74) is 0.0439. The topological polar surface area (TPSA) is 76.5 Å². The molecule has 0 bridgehead atoms. The zero-order valence-corrected chi connectivity index (χ0v) is 10.3. The minimum Gasteiger partial charge on any atom is -0.468 e. The molecule has 0 unspecified atom stereocenters. The number of Topliss-reactive ketones (excluding diaryl/α,β-unsaturated/α-hetero) is 1. The number of ether oxygens (including phenoxy) is 2. The molecule has 0 saturated heterocycles. The monoisotopic (exact) mass is 249 g/mol. The Balaban J connectivity index is 2.90. The van der Waals surface area contributed by atoms with E-state index in [1.807, 2.05) is 0 Å². The van der Waals surface area contributed by atoms with Crippen molar-refractivity contribution < 1.29 is 19.1 Å². The number of esters is 1. The highest BCUT2D eigenvalue weighted by molar-refractivity contribution is 6.47. The lowest BCUT2D eigenvalue weighted by molar-refractivity contribution is -0.144. The highest BCUT2D eigenvalue weighted by atomic mass is 16.5. The zero-order chi connectivity index (χ0) is 13.5. The van der Waals surface area contributed by atoms with E-state index in [2.05, 4.69) is 4.74 Å². The van der Waals surface area contributed by atoms with E-state index in [1.54, 1.807) is 30.3 Å². The molecule has 1 aromatic carbocycles. The van der Waals surface area contributed by atoms with E-state index >= 15 is 0 Å². The van der Waals surface area contributed by atoms with Gasteiger partial charge in [0.2, 0.25) is 5.78 Å². The molecule has 96 valence electrons. The Morgan fingerprint density at radius 2 is 1.83 bits per heavy atom. The fourth-order valence-electron chi connectivity index (χ4n) is 1.48. The van der Waals surface area contributed by atoms with Crippen molar-refractivity contribution in [3.8, 4) is 0 Å². The fourth-order valence-corrected chi connectivity index (χ4v) is 1.48. The first kappa shape index (κ1) is 14.1. The minimum absolute atomic E-state index is 0.0515. The fraction of sp³-hybridized carbons (Fsp3) is 0.308. The second kappa shape index (κ2) is 6.66. The van der Waals surface area contributed by atoms with Gasteiger partial charge in [-0.3, -0.25) is 9.59 Å². The highest BCUT2D eigenvalue weighted by Gasteiger charge is 2.29. The number of rotatable bonds is 6. The van der Waals surface area contributed by atoms with Crippen molar-refractivity contribution in [3.05, 3.63) is 35.9 Å². The van der Waals surface area contributed by atoms with E-state index in [0.29, 0.717) is 5.56 Å². The van der Waals surface area contributed by atoms with Crippen LogP contribution in [0, 0.1) is 11.3 Å². The van der Waals surface area contributed by atoms with Gasteiger partial charge in [0.1, 0.15) is 5.92 Å². The van der Waals surface area contributed by atoms with Gasteiger partial charge < -0.3 is 14.9 Å². The molecule has 0 aliphatic carbocycles. The van der Waals surface area contributed by atoms with Gasteiger partial charge in [0.15, 0.2) is 0 Å². The lowest BCUT2D eigenvalue weighted by atomic mass is 9.96. The summed E-state index contributed by atoms with van der Waals surface area (Å²) in [4.78, 5) is 23.5. The van der Waals surface area contributed by atoms with Crippen LogP contribution in [0.3, 0.4) is 0 Å². The van der Waals surface area contributed by atoms with E-state index < -0.39 is 17.7 Å². The summed E-state index contributed by atoms with van der Waals surface area (Å²) in [6.45, 7) is -0.0515. The molecule has 0 spiro atoms. The standard InChI is InChI=1S/C13H15NO4/c1-17-8-10(13(16)18-2)11(14)12(15)9-6-4-3-5-7-9/h3-7,10,14H,8H2,1-2H3/t10-/m0/s1. The molecule has 0 amide bonds. The van der Waals surface area contributed by atoms with Gasteiger partial charge in [0.25, 0.3) is 0 Å². The molecule has 0 fully saturated rings. The maximum atomic E-state index is 12.0. The predicted molar refractivity (Wildman–Crippen MR) is 65.9 cm³/mol. The molecule has 1 rings (SSSR count). The summed E-state index contributed by atoms with van der Waals surface area (Å²) in [5, 5.41) is 7.80. The summed E-state index contributed by atoms with van der Waals surface area (Å²) in [7, 11) is 2.61. The Kier molecular flexibility index (Phi) is 5.20. The van der Waals surface area contributed by atoms with Crippen LogP contribution in [-0.2, 0) is 14.3 Å². The van der Waals surface area contributed by atoms with Gasteiger partial charge in [-0.2, -0.15) is 0 Å². The Morgan fingerprint density at radius 3 is 2.33 bits per heavy atom. The Morgan fingerprint density at radius 1 is 1.22 bits per heavy atom. The molecule has 0 aliphatic rings. The SMILES string of the molecule is COC[C@@H](C(=N)C(=O)c1ccccc1)C(=O)OC. The molecule has 1 atom stereocenters. The first-order chi connectivity index (χ1) is 8.61. The molecule has 5 heteroatoms. The van der Waals surface area contributed by atoms with Gasteiger partial charge in [-0.15, -0.1) is 0 Å². The summed E-state index contributed by atoms with van der Waals surface area (Å²) in [6.07, 6.45) is 0. The van der Waals surface area contributed by atoms with E-state index in [1.165, 1.54) is 14.2 Å². The predicted octanol–water partition coefficient (Wildman–Crippen LogP) is 1.32. The van der Waals surface area contributed by atoms with Crippen molar-refractivity contribution in [3.63, 3.8) is 0 Å². The second-order valence-electron chi connectivity index (χ2n) is 3.64. The van der Waals surface area contributed by atoms with Crippen molar-refractivity contribution in [2.24, 2.45) is 5.92 Å². The van der Waals surface area contributed by atoms with E-state index in [0.717, 1.165) is 0 Å². The maximum Gasteiger partial charge on any atom is 0.317 e. The largest absolute Gasteiger partial charge is 0.468 e. The normalized spacial score (nSPS) is 11.7. The van der Waals surface area contributed by atoms with Crippen molar-refractivity contribution >= 4 is 17.5 Å². The van der Waals surface area contributed by atoms with Crippen LogP contribution >= 0.6 is 0 Å². The number of carbonyl (C=O) groups is 2. The number of nitrogens with one attached hydrogen (secondary N) is 1.